The van der Waals surface area contributed by atoms with Crippen LogP contribution in [0.3, 0.4) is 0 Å². The summed E-state index contributed by atoms with van der Waals surface area (Å²) in [7, 11) is 0. The van der Waals surface area contributed by atoms with Crippen LogP contribution in [-0.2, 0) is 9.53 Å². The minimum atomic E-state index is -0.0519. The van der Waals surface area contributed by atoms with Gasteiger partial charge in [-0.25, -0.2) is 4.98 Å². The average molecular weight is 286 g/mol. The molecule has 0 radical (unpaired) electrons. The van der Waals surface area contributed by atoms with Crippen LogP contribution in [0.25, 0.3) is 11.3 Å². The second kappa shape index (κ2) is 6.10. The predicted molar refractivity (Wildman–Crippen MR) is 78.7 cm³/mol. The summed E-state index contributed by atoms with van der Waals surface area (Å²) in [4.78, 5) is 16.2. The van der Waals surface area contributed by atoms with Gasteiger partial charge in [-0.1, -0.05) is 6.92 Å². The lowest BCUT2D eigenvalue weighted by Gasteiger charge is -2.16. The number of anilines is 1. The van der Waals surface area contributed by atoms with Gasteiger partial charge in [-0.05, 0) is 37.1 Å². The molecule has 1 aliphatic heterocycles. The molecule has 1 aromatic heterocycles. The van der Waals surface area contributed by atoms with Crippen molar-refractivity contribution >= 4 is 11.6 Å². The van der Waals surface area contributed by atoms with E-state index in [4.69, 9.17) is 9.15 Å². The highest BCUT2D eigenvalue weighted by Gasteiger charge is 2.32. The zero-order valence-electron chi connectivity index (χ0n) is 11.9. The van der Waals surface area contributed by atoms with Crippen molar-refractivity contribution in [3.8, 4) is 11.3 Å². The fraction of sp³-hybridized carbons (Fsp3) is 0.375. The zero-order chi connectivity index (χ0) is 14.7. The van der Waals surface area contributed by atoms with Crippen molar-refractivity contribution in [2.45, 2.75) is 25.9 Å². The Morgan fingerprint density at radius 1 is 1.38 bits per heavy atom. The average Bonchev–Trinajstić information content (AvgIpc) is 3.19. The highest BCUT2D eigenvalue weighted by atomic mass is 16.5. The molecule has 0 aliphatic carbocycles. The standard InChI is InChI=1S/C16H18N2O3/c1-2-14-13(7-8-20-14)16(19)18-12-5-3-11(4-6-12)15-9-17-10-21-15/h3-6,9-10,13-14H,2,7-8H2,1H3,(H,18,19)/t13-,14+/m1/s1. The Bertz CT molecular complexity index is 592. The number of ether oxygens (including phenoxy) is 1. The van der Waals surface area contributed by atoms with Crippen molar-refractivity contribution in [1.29, 1.82) is 0 Å². The minimum absolute atomic E-state index is 0.0340. The smallest absolute Gasteiger partial charge is 0.230 e. The molecule has 0 spiro atoms. The van der Waals surface area contributed by atoms with Crippen LogP contribution in [0.1, 0.15) is 19.8 Å². The molecular formula is C16H18N2O3. The molecule has 5 nitrogen and oxygen atoms in total. The van der Waals surface area contributed by atoms with E-state index in [0.29, 0.717) is 12.4 Å². The van der Waals surface area contributed by atoms with Gasteiger partial charge < -0.3 is 14.5 Å². The Labute approximate surface area is 123 Å². The first-order valence-electron chi connectivity index (χ1n) is 7.19. The third-order valence-corrected chi connectivity index (χ3v) is 3.82. The number of aromatic nitrogens is 1. The Morgan fingerprint density at radius 2 is 2.19 bits per heavy atom. The second-order valence-corrected chi connectivity index (χ2v) is 5.14. The molecule has 1 amide bonds. The number of nitrogens with one attached hydrogen (secondary N) is 1. The zero-order valence-corrected chi connectivity index (χ0v) is 11.9. The summed E-state index contributed by atoms with van der Waals surface area (Å²) in [5.74, 6) is 0.693. The van der Waals surface area contributed by atoms with Gasteiger partial charge in [0.2, 0.25) is 5.91 Å². The third kappa shape index (κ3) is 2.97. The molecule has 1 saturated heterocycles. The number of carbonyl (C=O) groups excluding carboxylic acids is 1. The first-order valence-corrected chi connectivity index (χ1v) is 7.19. The highest BCUT2D eigenvalue weighted by molar-refractivity contribution is 5.93. The summed E-state index contributed by atoms with van der Waals surface area (Å²) in [6.45, 7) is 2.71. The molecule has 5 heteroatoms. The van der Waals surface area contributed by atoms with Crippen LogP contribution >= 0.6 is 0 Å². The van der Waals surface area contributed by atoms with E-state index in [1.807, 2.05) is 31.2 Å². The lowest BCUT2D eigenvalue weighted by Crippen LogP contribution is -2.29. The molecule has 1 aromatic carbocycles. The highest BCUT2D eigenvalue weighted by Crippen LogP contribution is 2.26. The van der Waals surface area contributed by atoms with Crippen LogP contribution in [-0.4, -0.2) is 23.6 Å². The maximum atomic E-state index is 12.3. The Hall–Kier alpha value is -2.14. The van der Waals surface area contributed by atoms with Gasteiger partial charge in [-0.3, -0.25) is 4.79 Å². The van der Waals surface area contributed by atoms with E-state index in [-0.39, 0.29) is 17.9 Å². The number of carbonyl (C=O) groups is 1. The summed E-state index contributed by atoms with van der Waals surface area (Å²) < 4.78 is 10.8. The maximum Gasteiger partial charge on any atom is 0.230 e. The molecular weight excluding hydrogens is 268 g/mol. The number of nitrogens with zero attached hydrogens (tertiary/aromatic N) is 1. The van der Waals surface area contributed by atoms with E-state index in [2.05, 4.69) is 10.3 Å². The Kier molecular flexibility index (Phi) is 4.01. The van der Waals surface area contributed by atoms with E-state index in [9.17, 15) is 4.79 Å². The number of hydrogen-bond acceptors (Lipinski definition) is 4. The van der Waals surface area contributed by atoms with Crippen LogP contribution in [0.2, 0.25) is 0 Å². The third-order valence-electron chi connectivity index (χ3n) is 3.82. The quantitative estimate of drug-likeness (QED) is 0.938. The molecule has 1 fully saturated rings. The lowest BCUT2D eigenvalue weighted by atomic mass is 9.98. The first kappa shape index (κ1) is 13.8. The van der Waals surface area contributed by atoms with E-state index in [1.54, 1.807) is 6.20 Å². The van der Waals surface area contributed by atoms with Crippen LogP contribution in [0, 0.1) is 5.92 Å². The monoisotopic (exact) mass is 286 g/mol. The normalized spacial score (nSPS) is 21.4. The van der Waals surface area contributed by atoms with Gasteiger partial charge in [-0.2, -0.15) is 0 Å². The van der Waals surface area contributed by atoms with Crippen LogP contribution in [0.4, 0.5) is 5.69 Å². The van der Waals surface area contributed by atoms with Gasteiger partial charge in [0.25, 0.3) is 0 Å². The van der Waals surface area contributed by atoms with Crippen molar-refractivity contribution in [3.63, 3.8) is 0 Å². The van der Waals surface area contributed by atoms with Crippen molar-refractivity contribution < 1.29 is 13.9 Å². The minimum Gasteiger partial charge on any atom is -0.444 e. The topological polar surface area (TPSA) is 64.4 Å². The maximum absolute atomic E-state index is 12.3. The van der Waals surface area contributed by atoms with Crippen LogP contribution in [0.15, 0.2) is 41.3 Å². The molecule has 1 N–H and O–H groups in total. The van der Waals surface area contributed by atoms with Crippen LogP contribution < -0.4 is 5.32 Å². The Morgan fingerprint density at radius 3 is 2.86 bits per heavy atom. The molecule has 0 unspecified atom stereocenters. The van der Waals surface area contributed by atoms with Gasteiger partial charge in [0.1, 0.15) is 0 Å². The van der Waals surface area contributed by atoms with Crippen molar-refractivity contribution in [2.24, 2.45) is 5.92 Å². The summed E-state index contributed by atoms with van der Waals surface area (Å²) >= 11 is 0. The molecule has 2 atom stereocenters. The van der Waals surface area contributed by atoms with Gasteiger partial charge >= 0.3 is 0 Å². The van der Waals surface area contributed by atoms with Gasteiger partial charge in [0.15, 0.2) is 12.2 Å². The molecule has 2 heterocycles. The second-order valence-electron chi connectivity index (χ2n) is 5.14. The van der Waals surface area contributed by atoms with Crippen molar-refractivity contribution in [3.05, 3.63) is 36.9 Å². The summed E-state index contributed by atoms with van der Waals surface area (Å²) in [6, 6.07) is 7.54. The summed E-state index contributed by atoms with van der Waals surface area (Å²) in [5, 5.41) is 2.96. The molecule has 2 aromatic rings. The number of rotatable bonds is 4. The first-order chi connectivity index (χ1) is 10.3. The van der Waals surface area contributed by atoms with Crippen molar-refractivity contribution in [1.82, 2.24) is 4.98 Å². The SMILES string of the molecule is CC[C@@H]1OCC[C@H]1C(=O)Nc1ccc(-c2cnco2)cc1. The van der Waals surface area contributed by atoms with Crippen LogP contribution in [0.5, 0.6) is 0 Å². The number of benzene rings is 1. The lowest BCUT2D eigenvalue weighted by molar-refractivity contribution is -0.121. The van der Waals surface area contributed by atoms with Gasteiger partial charge in [-0.15, -0.1) is 0 Å². The molecule has 0 bridgehead atoms. The van der Waals surface area contributed by atoms with Gasteiger partial charge in [0, 0.05) is 17.9 Å². The molecule has 110 valence electrons. The van der Waals surface area contributed by atoms with E-state index < -0.39 is 0 Å². The molecule has 3 rings (SSSR count). The fourth-order valence-electron chi connectivity index (χ4n) is 2.66. The predicted octanol–water partition coefficient (Wildman–Crippen LogP) is 3.10. The Balaban J connectivity index is 1.66. The fourth-order valence-corrected chi connectivity index (χ4v) is 2.66. The molecule has 1 aliphatic rings. The summed E-state index contributed by atoms with van der Waals surface area (Å²) in [5.41, 5.74) is 1.71. The molecule has 21 heavy (non-hydrogen) atoms. The number of hydrogen-bond donors (Lipinski definition) is 1. The number of amides is 1. The van der Waals surface area contributed by atoms with Gasteiger partial charge in [0.05, 0.1) is 18.2 Å². The van der Waals surface area contributed by atoms with Crippen molar-refractivity contribution in [2.75, 3.05) is 11.9 Å². The number of oxazole rings is 1. The largest absolute Gasteiger partial charge is 0.444 e. The molecule has 0 saturated carbocycles. The van der Waals surface area contributed by atoms with E-state index in [1.165, 1.54) is 6.39 Å². The summed E-state index contributed by atoms with van der Waals surface area (Å²) in [6.07, 6.45) is 4.76. The van der Waals surface area contributed by atoms with E-state index >= 15 is 0 Å². The van der Waals surface area contributed by atoms with E-state index in [0.717, 1.165) is 24.1 Å².